The lowest BCUT2D eigenvalue weighted by molar-refractivity contribution is -0.143. The van der Waals surface area contributed by atoms with E-state index < -0.39 is 11.9 Å². The van der Waals surface area contributed by atoms with Crippen LogP contribution < -0.4 is 4.74 Å². The molecule has 5 nitrogen and oxygen atoms in total. The van der Waals surface area contributed by atoms with Gasteiger partial charge >= 0.3 is 11.9 Å². The number of para-hydroxylation sites is 1. The monoisotopic (exact) mass is 250 g/mol. The van der Waals surface area contributed by atoms with Crippen molar-refractivity contribution in [2.45, 2.75) is 0 Å². The molecule has 0 aliphatic carbocycles. The van der Waals surface area contributed by atoms with E-state index in [1.54, 1.807) is 30.3 Å². The molecule has 0 heterocycles. The van der Waals surface area contributed by atoms with Crippen molar-refractivity contribution in [2.24, 2.45) is 0 Å². The minimum atomic E-state index is -0.471. The number of carbonyl (C=O) groups is 2. The molecule has 0 aliphatic rings. The molecule has 0 unspecified atom stereocenters. The van der Waals surface area contributed by atoms with Crippen molar-refractivity contribution in [1.82, 2.24) is 0 Å². The number of benzene rings is 1. The predicted molar refractivity (Wildman–Crippen MR) is 65.0 cm³/mol. The first kappa shape index (κ1) is 13.8. The summed E-state index contributed by atoms with van der Waals surface area (Å²) in [6, 6.07) is 7.01. The van der Waals surface area contributed by atoms with E-state index >= 15 is 0 Å². The number of hydrogen-bond donors (Lipinski definition) is 0. The maximum absolute atomic E-state index is 11.0. The molecule has 0 N–H and O–H groups in total. The molecule has 0 atom stereocenters. The quantitative estimate of drug-likeness (QED) is 0.584. The second-order valence-electron chi connectivity index (χ2n) is 3.26. The fraction of sp³-hybridized carbons (Fsp3) is 0.231. The van der Waals surface area contributed by atoms with Crippen LogP contribution in [0.5, 0.6) is 5.75 Å². The molecule has 1 aromatic carbocycles. The fourth-order valence-corrected chi connectivity index (χ4v) is 1.17. The standard InChI is InChI=1S/C13H14O5/c1-16-12(14)8-7-10-5-3-4-6-11(10)18-9-13(15)17-2/h3-8H,9H2,1-2H3. The van der Waals surface area contributed by atoms with Gasteiger partial charge in [0, 0.05) is 11.6 Å². The highest BCUT2D eigenvalue weighted by Gasteiger charge is 2.04. The van der Waals surface area contributed by atoms with Crippen molar-refractivity contribution in [3.05, 3.63) is 35.9 Å². The Kier molecular flexibility index (Phi) is 5.44. The second-order valence-corrected chi connectivity index (χ2v) is 3.26. The summed E-state index contributed by atoms with van der Waals surface area (Å²) in [4.78, 5) is 22.0. The average Bonchev–Trinajstić information content (AvgIpc) is 2.42. The van der Waals surface area contributed by atoms with Gasteiger partial charge in [-0.25, -0.2) is 9.59 Å². The highest BCUT2D eigenvalue weighted by atomic mass is 16.6. The number of esters is 2. The van der Waals surface area contributed by atoms with Crippen molar-refractivity contribution in [2.75, 3.05) is 20.8 Å². The molecular weight excluding hydrogens is 236 g/mol. The zero-order valence-corrected chi connectivity index (χ0v) is 10.2. The van der Waals surface area contributed by atoms with E-state index in [1.165, 1.54) is 20.3 Å². The SMILES string of the molecule is COC(=O)C=Cc1ccccc1OCC(=O)OC. The molecule has 0 aliphatic heterocycles. The van der Waals surface area contributed by atoms with Crippen LogP contribution in [-0.4, -0.2) is 32.8 Å². The van der Waals surface area contributed by atoms with Crippen LogP contribution >= 0.6 is 0 Å². The maximum atomic E-state index is 11.0. The molecule has 0 fully saturated rings. The molecule has 0 saturated carbocycles. The summed E-state index contributed by atoms with van der Waals surface area (Å²) in [6.07, 6.45) is 2.83. The lowest BCUT2D eigenvalue weighted by Gasteiger charge is -2.07. The third kappa shape index (κ3) is 4.29. The lowest BCUT2D eigenvalue weighted by atomic mass is 10.2. The van der Waals surface area contributed by atoms with Gasteiger partial charge in [-0.3, -0.25) is 0 Å². The first-order valence-corrected chi connectivity index (χ1v) is 5.22. The lowest BCUT2D eigenvalue weighted by Crippen LogP contribution is -2.12. The van der Waals surface area contributed by atoms with Crippen molar-refractivity contribution in [3.63, 3.8) is 0 Å². The van der Waals surface area contributed by atoms with Gasteiger partial charge in [0.1, 0.15) is 5.75 Å². The summed E-state index contributed by atoms with van der Waals surface area (Å²) < 4.78 is 14.2. The first-order valence-electron chi connectivity index (χ1n) is 5.22. The summed E-state index contributed by atoms with van der Waals surface area (Å²) in [7, 11) is 2.58. The van der Waals surface area contributed by atoms with Gasteiger partial charge in [-0.05, 0) is 12.1 Å². The van der Waals surface area contributed by atoms with Crippen molar-refractivity contribution in [3.8, 4) is 5.75 Å². The molecule has 5 heteroatoms. The van der Waals surface area contributed by atoms with Gasteiger partial charge in [0.2, 0.25) is 0 Å². The number of carbonyl (C=O) groups excluding carboxylic acids is 2. The largest absolute Gasteiger partial charge is 0.481 e. The minimum Gasteiger partial charge on any atom is -0.481 e. The van der Waals surface area contributed by atoms with Crippen molar-refractivity contribution < 1.29 is 23.8 Å². The Morgan fingerprint density at radius 2 is 1.89 bits per heavy atom. The Morgan fingerprint density at radius 1 is 1.17 bits per heavy atom. The topological polar surface area (TPSA) is 61.8 Å². The van der Waals surface area contributed by atoms with Crippen molar-refractivity contribution >= 4 is 18.0 Å². The van der Waals surface area contributed by atoms with Crippen LogP contribution in [0.2, 0.25) is 0 Å². The molecule has 0 amide bonds. The molecule has 1 aromatic rings. The molecule has 1 rings (SSSR count). The Hall–Kier alpha value is -2.30. The van der Waals surface area contributed by atoms with Crippen LogP contribution in [0.25, 0.3) is 6.08 Å². The molecule has 0 saturated heterocycles. The van der Waals surface area contributed by atoms with E-state index in [4.69, 9.17) is 4.74 Å². The fourth-order valence-electron chi connectivity index (χ4n) is 1.17. The molecule has 0 bridgehead atoms. The van der Waals surface area contributed by atoms with Gasteiger partial charge in [-0.15, -0.1) is 0 Å². The first-order chi connectivity index (χ1) is 8.67. The molecule has 96 valence electrons. The summed E-state index contributed by atoms with van der Waals surface area (Å²) in [6.45, 7) is -0.181. The number of rotatable bonds is 5. The van der Waals surface area contributed by atoms with E-state index in [9.17, 15) is 9.59 Å². The number of ether oxygens (including phenoxy) is 3. The van der Waals surface area contributed by atoms with Crippen molar-refractivity contribution in [1.29, 1.82) is 0 Å². The van der Waals surface area contributed by atoms with E-state index in [-0.39, 0.29) is 6.61 Å². The summed E-state index contributed by atoms with van der Waals surface area (Å²) in [5, 5.41) is 0. The molecular formula is C13H14O5. The predicted octanol–water partition coefficient (Wildman–Crippen LogP) is 1.42. The van der Waals surface area contributed by atoms with Crippen LogP contribution in [0.15, 0.2) is 30.3 Å². The normalized spacial score (nSPS) is 10.1. The van der Waals surface area contributed by atoms with E-state index in [0.29, 0.717) is 11.3 Å². The molecule has 18 heavy (non-hydrogen) atoms. The smallest absolute Gasteiger partial charge is 0.343 e. The Bertz CT molecular complexity index is 450. The summed E-state index contributed by atoms with van der Waals surface area (Å²) in [5.41, 5.74) is 0.673. The van der Waals surface area contributed by atoms with Crippen LogP contribution in [0.3, 0.4) is 0 Å². The number of methoxy groups -OCH3 is 2. The van der Waals surface area contributed by atoms with Gasteiger partial charge in [0.15, 0.2) is 6.61 Å². The zero-order valence-electron chi connectivity index (χ0n) is 10.2. The van der Waals surface area contributed by atoms with Crippen LogP contribution in [0.1, 0.15) is 5.56 Å². The third-order valence-electron chi connectivity index (χ3n) is 2.09. The maximum Gasteiger partial charge on any atom is 0.343 e. The third-order valence-corrected chi connectivity index (χ3v) is 2.09. The number of hydrogen-bond acceptors (Lipinski definition) is 5. The van der Waals surface area contributed by atoms with Crippen LogP contribution in [0.4, 0.5) is 0 Å². The Labute approximate surface area is 105 Å². The Balaban J connectivity index is 2.76. The van der Waals surface area contributed by atoms with Gasteiger partial charge in [0.05, 0.1) is 14.2 Å². The van der Waals surface area contributed by atoms with Gasteiger partial charge in [-0.1, -0.05) is 18.2 Å². The average molecular weight is 250 g/mol. The van der Waals surface area contributed by atoms with E-state index in [2.05, 4.69) is 9.47 Å². The van der Waals surface area contributed by atoms with E-state index in [1.807, 2.05) is 0 Å². The minimum absolute atomic E-state index is 0.181. The molecule has 0 radical (unpaired) electrons. The van der Waals surface area contributed by atoms with Crippen LogP contribution in [-0.2, 0) is 19.1 Å². The zero-order chi connectivity index (χ0) is 13.4. The molecule has 0 spiro atoms. The summed E-state index contributed by atoms with van der Waals surface area (Å²) >= 11 is 0. The molecule has 0 aromatic heterocycles. The van der Waals surface area contributed by atoms with E-state index in [0.717, 1.165) is 0 Å². The highest BCUT2D eigenvalue weighted by Crippen LogP contribution is 2.19. The summed E-state index contributed by atoms with van der Waals surface area (Å²) in [5.74, 6) is -0.442. The second kappa shape index (κ2) is 7.11. The van der Waals surface area contributed by atoms with Gasteiger partial charge < -0.3 is 14.2 Å². The van der Waals surface area contributed by atoms with Gasteiger partial charge in [-0.2, -0.15) is 0 Å². The highest BCUT2D eigenvalue weighted by molar-refractivity contribution is 5.87. The van der Waals surface area contributed by atoms with Crippen LogP contribution in [0, 0.1) is 0 Å². The Morgan fingerprint density at radius 3 is 2.56 bits per heavy atom. The van der Waals surface area contributed by atoms with Gasteiger partial charge in [0.25, 0.3) is 0 Å².